The Morgan fingerprint density at radius 1 is 1.27 bits per heavy atom. The van der Waals surface area contributed by atoms with E-state index >= 15 is 0 Å². The van der Waals surface area contributed by atoms with E-state index in [4.69, 9.17) is 0 Å². The highest BCUT2D eigenvalue weighted by atomic mass is 16.1. The van der Waals surface area contributed by atoms with E-state index in [1.165, 1.54) is 0 Å². The maximum Gasteiger partial charge on any atom is 0.144 e. The van der Waals surface area contributed by atoms with Gasteiger partial charge in [-0.15, -0.1) is 0 Å². The van der Waals surface area contributed by atoms with Crippen molar-refractivity contribution in [3.63, 3.8) is 0 Å². The number of carbonyl (C=O) groups excluding carboxylic acids is 1. The van der Waals surface area contributed by atoms with E-state index in [9.17, 15) is 4.79 Å². The molecular formula is C14H24O. The monoisotopic (exact) mass is 208 g/mol. The Bertz CT molecular complexity index is 263. The van der Waals surface area contributed by atoms with Gasteiger partial charge >= 0.3 is 0 Å². The third kappa shape index (κ3) is 2.70. The number of carbonyl (C=O) groups is 1. The zero-order chi connectivity index (χ0) is 11.5. The molecule has 1 heteroatoms. The van der Waals surface area contributed by atoms with Gasteiger partial charge in [0, 0.05) is 10.8 Å². The molecule has 0 amide bonds. The van der Waals surface area contributed by atoms with Gasteiger partial charge in [-0.3, -0.25) is 4.79 Å². The summed E-state index contributed by atoms with van der Waals surface area (Å²) >= 11 is 0. The lowest BCUT2D eigenvalue weighted by Crippen LogP contribution is -2.29. The second kappa shape index (κ2) is 4.51. The molecule has 0 N–H and O–H groups in total. The lowest BCUT2D eigenvalue weighted by Gasteiger charge is -2.24. The van der Waals surface area contributed by atoms with Gasteiger partial charge in [-0.25, -0.2) is 0 Å². The average molecular weight is 208 g/mol. The topological polar surface area (TPSA) is 17.1 Å². The molecule has 0 spiro atoms. The molecule has 0 heterocycles. The number of ketones is 1. The molecule has 1 aliphatic rings. The van der Waals surface area contributed by atoms with Crippen LogP contribution in [0.2, 0.25) is 0 Å². The van der Waals surface area contributed by atoms with Crippen molar-refractivity contribution in [1.29, 1.82) is 0 Å². The molecule has 1 saturated carbocycles. The summed E-state index contributed by atoms with van der Waals surface area (Å²) in [5.41, 5.74) is -0.111. The number of Topliss-reactive ketones (excluding diaryl/α,β-unsaturated/α-hetero) is 1. The first-order valence-corrected chi connectivity index (χ1v) is 6.08. The lowest BCUT2D eigenvalue weighted by atomic mass is 9.78. The Labute approximate surface area is 93.9 Å². The van der Waals surface area contributed by atoms with Gasteiger partial charge < -0.3 is 0 Å². The molecule has 15 heavy (non-hydrogen) atoms. The summed E-state index contributed by atoms with van der Waals surface area (Å²) in [4.78, 5) is 12.2. The van der Waals surface area contributed by atoms with Crippen LogP contribution in [0, 0.1) is 10.8 Å². The van der Waals surface area contributed by atoms with Gasteiger partial charge in [-0.1, -0.05) is 32.9 Å². The van der Waals surface area contributed by atoms with Crippen molar-refractivity contribution >= 4 is 5.78 Å². The first-order valence-electron chi connectivity index (χ1n) is 6.08. The standard InChI is InChI=1S/C14H24O/c1-5-6-7-8-9-14(4)11-10-13(2,3)12(14)15/h5-6H,7-11H2,1-4H3/t14-/m0/s1. The van der Waals surface area contributed by atoms with Gasteiger partial charge in [0.15, 0.2) is 0 Å². The Kier molecular flexibility index (Phi) is 3.75. The van der Waals surface area contributed by atoms with Crippen molar-refractivity contribution in [3.05, 3.63) is 12.2 Å². The van der Waals surface area contributed by atoms with E-state index in [-0.39, 0.29) is 10.8 Å². The molecule has 0 bridgehead atoms. The molecule has 1 fully saturated rings. The van der Waals surface area contributed by atoms with Gasteiger partial charge in [0.1, 0.15) is 5.78 Å². The van der Waals surface area contributed by atoms with Crippen LogP contribution in [-0.2, 0) is 4.79 Å². The van der Waals surface area contributed by atoms with Crippen molar-refractivity contribution in [2.24, 2.45) is 10.8 Å². The number of unbranched alkanes of at least 4 members (excludes halogenated alkanes) is 1. The number of hydrogen-bond acceptors (Lipinski definition) is 1. The van der Waals surface area contributed by atoms with Crippen LogP contribution in [0.3, 0.4) is 0 Å². The smallest absolute Gasteiger partial charge is 0.144 e. The minimum absolute atomic E-state index is 0.0366. The van der Waals surface area contributed by atoms with Crippen LogP contribution in [0.4, 0.5) is 0 Å². The third-order valence-electron chi connectivity index (χ3n) is 3.80. The van der Waals surface area contributed by atoms with Gasteiger partial charge in [0.2, 0.25) is 0 Å². The van der Waals surface area contributed by atoms with Crippen LogP contribution in [0.15, 0.2) is 12.2 Å². The normalized spacial score (nSPS) is 30.3. The van der Waals surface area contributed by atoms with E-state index in [1.807, 2.05) is 6.92 Å². The van der Waals surface area contributed by atoms with Crippen LogP contribution < -0.4 is 0 Å². The highest BCUT2D eigenvalue weighted by molar-refractivity contribution is 5.91. The fourth-order valence-corrected chi connectivity index (χ4v) is 2.65. The van der Waals surface area contributed by atoms with Crippen molar-refractivity contribution in [3.8, 4) is 0 Å². The van der Waals surface area contributed by atoms with E-state index in [1.54, 1.807) is 0 Å². The van der Waals surface area contributed by atoms with Crippen LogP contribution in [0.25, 0.3) is 0 Å². The van der Waals surface area contributed by atoms with Gasteiger partial charge in [0.25, 0.3) is 0 Å². The second-order valence-corrected chi connectivity index (χ2v) is 5.73. The molecule has 86 valence electrons. The summed E-state index contributed by atoms with van der Waals surface area (Å²) in [6, 6.07) is 0. The van der Waals surface area contributed by atoms with E-state index in [2.05, 4.69) is 32.9 Å². The second-order valence-electron chi connectivity index (χ2n) is 5.73. The van der Waals surface area contributed by atoms with Crippen molar-refractivity contribution in [1.82, 2.24) is 0 Å². The summed E-state index contributed by atoms with van der Waals surface area (Å²) < 4.78 is 0. The van der Waals surface area contributed by atoms with Gasteiger partial charge in [0.05, 0.1) is 0 Å². The fraction of sp³-hybridized carbons (Fsp3) is 0.786. The van der Waals surface area contributed by atoms with Crippen LogP contribution in [0.5, 0.6) is 0 Å². The van der Waals surface area contributed by atoms with Gasteiger partial charge in [-0.05, 0) is 39.0 Å². The largest absolute Gasteiger partial charge is 0.298 e. The Hall–Kier alpha value is -0.590. The third-order valence-corrected chi connectivity index (χ3v) is 3.80. The molecule has 1 rings (SSSR count). The summed E-state index contributed by atoms with van der Waals surface area (Å²) in [5, 5.41) is 0. The summed E-state index contributed by atoms with van der Waals surface area (Å²) in [5.74, 6) is 0.482. The summed E-state index contributed by atoms with van der Waals surface area (Å²) in [6.07, 6.45) is 9.72. The predicted octanol–water partition coefficient (Wildman–Crippen LogP) is 4.13. The molecule has 0 saturated heterocycles. The quantitative estimate of drug-likeness (QED) is 0.501. The summed E-state index contributed by atoms with van der Waals surface area (Å²) in [7, 11) is 0. The van der Waals surface area contributed by atoms with Crippen molar-refractivity contribution in [2.45, 2.75) is 59.8 Å². The van der Waals surface area contributed by atoms with E-state index < -0.39 is 0 Å². The molecule has 0 aromatic heterocycles. The average Bonchev–Trinajstić information content (AvgIpc) is 2.39. The van der Waals surface area contributed by atoms with Crippen molar-refractivity contribution < 1.29 is 4.79 Å². The maximum atomic E-state index is 12.2. The molecule has 1 aliphatic carbocycles. The van der Waals surface area contributed by atoms with Crippen LogP contribution in [0.1, 0.15) is 59.8 Å². The van der Waals surface area contributed by atoms with Crippen LogP contribution in [-0.4, -0.2) is 5.78 Å². The minimum atomic E-state index is -0.0741. The molecule has 0 aromatic carbocycles. The molecule has 1 atom stereocenters. The first-order chi connectivity index (χ1) is 6.92. The predicted molar refractivity (Wildman–Crippen MR) is 64.8 cm³/mol. The molecule has 0 aliphatic heterocycles. The highest BCUT2D eigenvalue weighted by Gasteiger charge is 2.47. The Morgan fingerprint density at radius 2 is 1.93 bits per heavy atom. The zero-order valence-electron chi connectivity index (χ0n) is 10.6. The molecule has 1 nitrogen and oxygen atoms in total. The van der Waals surface area contributed by atoms with E-state index in [0.717, 1.165) is 32.1 Å². The van der Waals surface area contributed by atoms with Crippen LogP contribution >= 0.6 is 0 Å². The SMILES string of the molecule is CC=CCCC[C@@]1(C)CCC(C)(C)C1=O. The van der Waals surface area contributed by atoms with Crippen molar-refractivity contribution in [2.75, 3.05) is 0 Å². The van der Waals surface area contributed by atoms with Gasteiger partial charge in [-0.2, -0.15) is 0 Å². The lowest BCUT2D eigenvalue weighted by molar-refractivity contribution is -0.132. The Morgan fingerprint density at radius 3 is 2.40 bits per heavy atom. The first kappa shape index (κ1) is 12.5. The number of allylic oxidation sites excluding steroid dienone is 2. The minimum Gasteiger partial charge on any atom is -0.298 e. The molecule has 0 unspecified atom stereocenters. The highest BCUT2D eigenvalue weighted by Crippen LogP contribution is 2.48. The fourth-order valence-electron chi connectivity index (χ4n) is 2.65. The molecule has 0 radical (unpaired) electrons. The Balaban J connectivity index is 2.50. The maximum absolute atomic E-state index is 12.2. The number of rotatable bonds is 4. The number of hydrogen-bond donors (Lipinski definition) is 0. The summed E-state index contributed by atoms with van der Waals surface area (Å²) in [6.45, 7) is 8.38. The molecular weight excluding hydrogens is 184 g/mol. The molecule has 0 aromatic rings. The zero-order valence-corrected chi connectivity index (χ0v) is 10.6. The van der Waals surface area contributed by atoms with E-state index in [0.29, 0.717) is 5.78 Å².